The Kier molecular flexibility index (Phi) is 11.2. The Hall–Kier alpha value is -3.83. The summed E-state index contributed by atoms with van der Waals surface area (Å²) in [5.41, 5.74) is 8.38. The Labute approximate surface area is 238 Å². The molecule has 40 heavy (non-hydrogen) atoms. The number of hydrogen-bond acceptors (Lipinski definition) is 6. The first kappa shape index (κ1) is 30.7. The van der Waals surface area contributed by atoms with Gasteiger partial charge in [-0.3, -0.25) is 14.4 Å². The molecule has 3 aromatic rings. The zero-order valence-electron chi connectivity index (χ0n) is 22.6. The zero-order chi connectivity index (χ0) is 29.2. The van der Waals surface area contributed by atoms with Crippen molar-refractivity contribution in [3.05, 3.63) is 71.9 Å². The highest BCUT2D eigenvalue weighted by atomic mass is 32.1. The zero-order valence-corrected chi connectivity index (χ0v) is 23.5. The van der Waals surface area contributed by atoms with Gasteiger partial charge < -0.3 is 31.8 Å². The summed E-state index contributed by atoms with van der Waals surface area (Å²) in [6.07, 6.45) is 2.59. The lowest BCUT2D eigenvalue weighted by Crippen LogP contribution is -2.58. The fourth-order valence-electron chi connectivity index (χ4n) is 4.30. The molecular weight excluding hydrogens is 530 g/mol. The molecule has 0 fully saturated rings. The lowest BCUT2D eigenvalue weighted by atomic mass is 9.99. The van der Waals surface area contributed by atoms with E-state index in [1.807, 2.05) is 44.2 Å². The van der Waals surface area contributed by atoms with Crippen LogP contribution in [0.5, 0.6) is 0 Å². The van der Waals surface area contributed by atoms with Gasteiger partial charge >= 0.3 is 5.97 Å². The maximum Gasteiger partial charge on any atom is 0.326 e. The van der Waals surface area contributed by atoms with E-state index in [1.54, 1.807) is 30.5 Å². The number of para-hydroxylation sites is 1. The van der Waals surface area contributed by atoms with E-state index in [0.29, 0.717) is 6.42 Å². The van der Waals surface area contributed by atoms with Crippen LogP contribution >= 0.6 is 12.6 Å². The molecule has 10 nitrogen and oxygen atoms in total. The Morgan fingerprint density at radius 1 is 0.875 bits per heavy atom. The van der Waals surface area contributed by atoms with Crippen LogP contribution in [-0.4, -0.2) is 63.7 Å². The minimum absolute atomic E-state index is 0.0298. The van der Waals surface area contributed by atoms with Gasteiger partial charge in [-0.15, -0.1) is 0 Å². The molecule has 0 aliphatic rings. The van der Waals surface area contributed by atoms with Crippen molar-refractivity contribution in [1.82, 2.24) is 20.9 Å². The van der Waals surface area contributed by atoms with Gasteiger partial charge in [0.15, 0.2) is 0 Å². The molecule has 0 saturated carbocycles. The van der Waals surface area contributed by atoms with Crippen molar-refractivity contribution in [3.63, 3.8) is 0 Å². The summed E-state index contributed by atoms with van der Waals surface area (Å²) >= 11 is 4.22. The number of aromatic nitrogens is 1. The summed E-state index contributed by atoms with van der Waals surface area (Å²) in [6.45, 7) is 3.76. The second-order valence-electron chi connectivity index (χ2n) is 9.87. The molecule has 0 spiro atoms. The van der Waals surface area contributed by atoms with E-state index in [9.17, 15) is 24.3 Å². The largest absolute Gasteiger partial charge is 0.480 e. The minimum Gasteiger partial charge on any atom is -0.480 e. The standard InChI is InChI=1S/C29H37N5O5S/c1-3-17(2)25(30)28(37)34-24(16-40)27(36)32-22(14-19-15-31-21-12-8-7-11-20(19)21)26(35)33-23(29(38)39)13-18-9-5-4-6-10-18/h4-12,15,17,22-25,31,40H,3,13-14,16,30H2,1-2H3,(H,32,36)(H,33,35)(H,34,37)(H,38,39). The van der Waals surface area contributed by atoms with E-state index in [4.69, 9.17) is 5.73 Å². The number of aromatic amines is 1. The number of carbonyl (C=O) groups excluding carboxylic acids is 3. The van der Waals surface area contributed by atoms with E-state index in [1.165, 1.54) is 0 Å². The molecule has 11 heteroatoms. The van der Waals surface area contributed by atoms with Crippen molar-refractivity contribution in [2.75, 3.05) is 5.75 Å². The normalized spacial score (nSPS) is 14.9. The van der Waals surface area contributed by atoms with Crippen LogP contribution in [0, 0.1) is 5.92 Å². The van der Waals surface area contributed by atoms with Crippen molar-refractivity contribution in [2.24, 2.45) is 11.7 Å². The average molecular weight is 568 g/mol. The second kappa shape index (κ2) is 14.5. The SMILES string of the molecule is CCC(C)C(N)C(=O)NC(CS)C(=O)NC(Cc1c[nH]c2ccccc12)C(=O)NC(Cc1ccccc1)C(=O)O. The van der Waals surface area contributed by atoms with Gasteiger partial charge in [0.2, 0.25) is 17.7 Å². The molecule has 1 heterocycles. The summed E-state index contributed by atoms with van der Waals surface area (Å²) in [6, 6.07) is 12.2. The predicted octanol–water partition coefficient (Wildman–Crippen LogP) is 1.80. The molecule has 2 aromatic carbocycles. The molecule has 3 amide bonds. The maximum absolute atomic E-state index is 13.5. The topological polar surface area (TPSA) is 166 Å². The molecule has 0 aliphatic heterocycles. The van der Waals surface area contributed by atoms with Crippen LogP contribution in [-0.2, 0) is 32.0 Å². The van der Waals surface area contributed by atoms with Crippen LogP contribution in [0.4, 0.5) is 0 Å². The van der Waals surface area contributed by atoms with Crippen LogP contribution in [0.15, 0.2) is 60.8 Å². The molecule has 0 bridgehead atoms. The fourth-order valence-corrected chi connectivity index (χ4v) is 4.56. The van der Waals surface area contributed by atoms with E-state index in [-0.39, 0.29) is 24.5 Å². The number of thiol groups is 1. The van der Waals surface area contributed by atoms with E-state index in [2.05, 4.69) is 33.6 Å². The van der Waals surface area contributed by atoms with Crippen LogP contribution in [0.1, 0.15) is 31.4 Å². The van der Waals surface area contributed by atoms with Gasteiger partial charge in [-0.25, -0.2) is 4.79 Å². The smallest absolute Gasteiger partial charge is 0.326 e. The van der Waals surface area contributed by atoms with Crippen molar-refractivity contribution < 1.29 is 24.3 Å². The molecule has 7 N–H and O–H groups in total. The fraction of sp³-hybridized carbons (Fsp3) is 0.379. The van der Waals surface area contributed by atoms with Gasteiger partial charge in [0.1, 0.15) is 18.1 Å². The van der Waals surface area contributed by atoms with Gasteiger partial charge in [-0.05, 0) is 23.1 Å². The van der Waals surface area contributed by atoms with Crippen molar-refractivity contribution in [3.8, 4) is 0 Å². The highest BCUT2D eigenvalue weighted by Crippen LogP contribution is 2.19. The average Bonchev–Trinajstić information content (AvgIpc) is 3.37. The van der Waals surface area contributed by atoms with Gasteiger partial charge in [0.05, 0.1) is 6.04 Å². The number of nitrogens with two attached hydrogens (primary N) is 1. The number of carboxylic acid groups (broad SMARTS) is 1. The van der Waals surface area contributed by atoms with Gasteiger partial charge in [0, 0.05) is 35.7 Å². The Bertz CT molecular complexity index is 1310. The second-order valence-corrected chi connectivity index (χ2v) is 10.2. The van der Waals surface area contributed by atoms with Crippen LogP contribution in [0.2, 0.25) is 0 Å². The number of carboxylic acids is 1. The molecule has 5 unspecified atom stereocenters. The monoisotopic (exact) mass is 567 g/mol. The lowest BCUT2D eigenvalue weighted by molar-refractivity contribution is -0.142. The Morgan fingerprint density at radius 2 is 1.48 bits per heavy atom. The number of carbonyl (C=O) groups is 4. The van der Waals surface area contributed by atoms with Crippen LogP contribution in [0.3, 0.4) is 0 Å². The molecular formula is C29H37N5O5S. The van der Waals surface area contributed by atoms with Gasteiger partial charge in [-0.1, -0.05) is 68.8 Å². The molecule has 5 atom stereocenters. The van der Waals surface area contributed by atoms with E-state index >= 15 is 0 Å². The number of aliphatic carboxylic acids is 1. The van der Waals surface area contributed by atoms with E-state index in [0.717, 1.165) is 22.0 Å². The molecule has 0 aliphatic carbocycles. The summed E-state index contributed by atoms with van der Waals surface area (Å²) < 4.78 is 0. The minimum atomic E-state index is -1.22. The van der Waals surface area contributed by atoms with Gasteiger partial charge in [0.25, 0.3) is 0 Å². The summed E-state index contributed by atoms with van der Waals surface area (Å²) in [5, 5.41) is 18.6. The third kappa shape index (κ3) is 8.09. The molecule has 214 valence electrons. The number of H-pyrrole nitrogens is 1. The molecule has 0 radical (unpaired) electrons. The van der Waals surface area contributed by atoms with Gasteiger partial charge in [-0.2, -0.15) is 12.6 Å². The number of hydrogen-bond donors (Lipinski definition) is 7. The van der Waals surface area contributed by atoms with Crippen molar-refractivity contribution in [1.29, 1.82) is 0 Å². The van der Waals surface area contributed by atoms with Crippen molar-refractivity contribution >= 4 is 47.2 Å². The number of nitrogens with one attached hydrogen (secondary N) is 4. The first-order chi connectivity index (χ1) is 19.1. The first-order valence-electron chi connectivity index (χ1n) is 13.2. The van der Waals surface area contributed by atoms with E-state index < -0.39 is 47.9 Å². The number of fused-ring (bicyclic) bond motifs is 1. The van der Waals surface area contributed by atoms with Crippen LogP contribution < -0.4 is 21.7 Å². The molecule has 3 rings (SSSR count). The summed E-state index contributed by atoms with van der Waals surface area (Å²) in [5.74, 6) is -3.11. The van der Waals surface area contributed by atoms with Crippen LogP contribution in [0.25, 0.3) is 10.9 Å². The van der Waals surface area contributed by atoms with Crippen molar-refractivity contribution in [2.45, 2.75) is 57.3 Å². The highest BCUT2D eigenvalue weighted by molar-refractivity contribution is 7.80. The summed E-state index contributed by atoms with van der Waals surface area (Å²) in [7, 11) is 0. The molecule has 1 aromatic heterocycles. The number of benzene rings is 2. The maximum atomic E-state index is 13.5. The molecule has 0 saturated heterocycles. The predicted molar refractivity (Wildman–Crippen MR) is 157 cm³/mol. The highest BCUT2D eigenvalue weighted by Gasteiger charge is 2.31. The first-order valence-corrected chi connectivity index (χ1v) is 13.9. The Morgan fingerprint density at radius 3 is 2.12 bits per heavy atom. The quantitative estimate of drug-likeness (QED) is 0.147. The number of rotatable bonds is 14. The summed E-state index contributed by atoms with van der Waals surface area (Å²) in [4.78, 5) is 54.6. The third-order valence-electron chi connectivity index (χ3n) is 7.00. The third-order valence-corrected chi connectivity index (χ3v) is 7.37. The number of amides is 3. The lowest BCUT2D eigenvalue weighted by Gasteiger charge is -2.25. The Balaban J connectivity index is 1.82.